The molecule has 1 aliphatic carbocycles. The van der Waals surface area contributed by atoms with Crippen molar-refractivity contribution in [2.75, 3.05) is 0 Å². The number of aromatic nitrogens is 1. The number of alkyl halides is 3. The van der Waals surface area contributed by atoms with Gasteiger partial charge in [-0.25, -0.2) is 0 Å². The number of hydrogen-bond acceptors (Lipinski definition) is 1. The molecule has 0 amide bonds. The fourth-order valence-electron chi connectivity index (χ4n) is 3.09. The summed E-state index contributed by atoms with van der Waals surface area (Å²) in [6, 6.07) is 4.79. The topological polar surface area (TPSA) is 25.0 Å². The van der Waals surface area contributed by atoms with Crippen LogP contribution in [0, 0.1) is 5.92 Å². The number of benzene rings is 1. The highest BCUT2D eigenvalue weighted by molar-refractivity contribution is 5.88. The van der Waals surface area contributed by atoms with Crippen LogP contribution in [-0.2, 0) is 6.42 Å². The summed E-state index contributed by atoms with van der Waals surface area (Å²) in [7, 11) is 0. The van der Waals surface area contributed by atoms with Crippen molar-refractivity contribution in [1.29, 1.82) is 0 Å². The molecule has 20 heavy (non-hydrogen) atoms. The third-order valence-electron chi connectivity index (χ3n) is 3.97. The third kappa shape index (κ3) is 2.76. The first-order chi connectivity index (χ1) is 9.53. The highest BCUT2D eigenvalue weighted by Crippen LogP contribution is 2.34. The number of para-hydroxylation sites is 1. The lowest BCUT2D eigenvalue weighted by Crippen LogP contribution is -2.17. The fraction of sp³-hybridized carbons (Fsp3) is 0.467. The number of nitrogens with one attached hydrogen (secondary N) is 1. The van der Waals surface area contributed by atoms with Gasteiger partial charge >= 0.3 is 6.36 Å². The first-order valence-corrected chi connectivity index (χ1v) is 6.87. The quantitative estimate of drug-likeness (QED) is 0.860. The Morgan fingerprint density at radius 1 is 1.20 bits per heavy atom. The molecule has 0 spiro atoms. The number of fused-ring (bicyclic) bond motifs is 1. The van der Waals surface area contributed by atoms with Crippen LogP contribution in [0.5, 0.6) is 5.75 Å². The molecule has 0 atom stereocenters. The van der Waals surface area contributed by atoms with E-state index in [1.54, 1.807) is 6.07 Å². The number of ether oxygens (including phenoxy) is 1. The lowest BCUT2D eigenvalue weighted by molar-refractivity contribution is -0.274. The Bertz CT molecular complexity index is 597. The molecule has 1 N–H and O–H groups in total. The number of hydrogen-bond donors (Lipinski definition) is 1. The summed E-state index contributed by atoms with van der Waals surface area (Å²) >= 11 is 0. The van der Waals surface area contributed by atoms with Crippen molar-refractivity contribution < 1.29 is 17.9 Å². The van der Waals surface area contributed by atoms with Gasteiger partial charge in [-0.1, -0.05) is 37.8 Å². The Morgan fingerprint density at radius 2 is 1.95 bits per heavy atom. The van der Waals surface area contributed by atoms with Crippen LogP contribution in [-0.4, -0.2) is 11.3 Å². The predicted octanol–water partition coefficient (Wildman–Crippen LogP) is 4.80. The zero-order valence-electron chi connectivity index (χ0n) is 11.0. The summed E-state index contributed by atoms with van der Waals surface area (Å²) in [6.45, 7) is 0. The number of halogens is 3. The number of H-pyrrole nitrogens is 1. The van der Waals surface area contributed by atoms with Crippen LogP contribution in [0.1, 0.15) is 31.2 Å². The molecule has 1 saturated carbocycles. The average Bonchev–Trinajstić information content (AvgIpc) is 2.99. The molecule has 3 rings (SSSR count). The predicted molar refractivity (Wildman–Crippen MR) is 70.6 cm³/mol. The Labute approximate surface area is 114 Å². The second kappa shape index (κ2) is 5.04. The van der Waals surface area contributed by atoms with E-state index in [0.717, 1.165) is 17.4 Å². The Balaban J connectivity index is 1.90. The zero-order chi connectivity index (χ0) is 14.2. The molecule has 1 fully saturated rings. The molecule has 0 radical (unpaired) electrons. The van der Waals surface area contributed by atoms with Crippen LogP contribution in [0.4, 0.5) is 13.2 Å². The van der Waals surface area contributed by atoms with E-state index in [0.29, 0.717) is 11.4 Å². The van der Waals surface area contributed by atoms with Gasteiger partial charge in [0.1, 0.15) is 0 Å². The normalized spacial score (nSPS) is 16.9. The standard InChI is InChI=1S/C15H16F3NO/c16-15(17,18)20-13-7-3-6-12-11(9-19-14(12)13)8-10-4-1-2-5-10/h3,6-7,9-10,19H,1-2,4-5,8H2. The minimum absolute atomic E-state index is 0.160. The van der Waals surface area contributed by atoms with Crippen LogP contribution >= 0.6 is 0 Å². The Kier molecular flexibility index (Phi) is 3.36. The molecule has 0 aliphatic heterocycles. The summed E-state index contributed by atoms with van der Waals surface area (Å²) in [4.78, 5) is 2.93. The lowest BCUT2D eigenvalue weighted by atomic mass is 9.98. The van der Waals surface area contributed by atoms with Gasteiger partial charge in [0.05, 0.1) is 5.52 Å². The van der Waals surface area contributed by atoms with Crippen molar-refractivity contribution in [2.24, 2.45) is 5.92 Å². The first-order valence-electron chi connectivity index (χ1n) is 6.87. The smallest absolute Gasteiger partial charge is 0.404 e. The fourth-order valence-corrected chi connectivity index (χ4v) is 3.09. The van der Waals surface area contributed by atoms with Crippen LogP contribution in [0.3, 0.4) is 0 Å². The minimum atomic E-state index is -4.66. The van der Waals surface area contributed by atoms with Crippen molar-refractivity contribution in [3.05, 3.63) is 30.0 Å². The average molecular weight is 283 g/mol. The molecule has 1 aliphatic rings. The largest absolute Gasteiger partial charge is 0.573 e. The van der Waals surface area contributed by atoms with E-state index in [1.165, 1.54) is 31.7 Å². The molecule has 0 bridgehead atoms. The summed E-state index contributed by atoms with van der Waals surface area (Å²) in [5, 5.41) is 0.832. The summed E-state index contributed by atoms with van der Waals surface area (Å²) in [6.07, 6.45) is 3.02. The van der Waals surface area contributed by atoms with E-state index in [9.17, 15) is 13.2 Å². The lowest BCUT2D eigenvalue weighted by Gasteiger charge is -2.10. The van der Waals surface area contributed by atoms with Gasteiger partial charge in [0.15, 0.2) is 5.75 Å². The van der Waals surface area contributed by atoms with Gasteiger partial charge in [0.25, 0.3) is 0 Å². The van der Waals surface area contributed by atoms with Crippen molar-refractivity contribution in [3.63, 3.8) is 0 Å². The maximum absolute atomic E-state index is 12.4. The molecular weight excluding hydrogens is 267 g/mol. The van der Waals surface area contributed by atoms with E-state index in [2.05, 4.69) is 9.72 Å². The summed E-state index contributed by atoms with van der Waals surface area (Å²) in [5.41, 5.74) is 1.51. The third-order valence-corrected chi connectivity index (χ3v) is 3.97. The molecule has 0 saturated heterocycles. The second-order valence-electron chi connectivity index (χ2n) is 5.40. The van der Waals surface area contributed by atoms with E-state index in [-0.39, 0.29) is 5.75 Å². The van der Waals surface area contributed by atoms with Gasteiger partial charge in [-0.3, -0.25) is 0 Å². The maximum atomic E-state index is 12.4. The van der Waals surface area contributed by atoms with Gasteiger partial charge in [0.2, 0.25) is 0 Å². The highest BCUT2D eigenvalue weighted by Gasteiger charge is 2.32. The van der Waals surface area contributed by atoms with E-state index >= 15 is 0 Å². The monoisotopic (exact) mass is 283 g/mol. The molecule has 1 heterocycles. The highest BCUT2D eigenvalue weighted by atomic mass is 19.4. The molecule has 1 aromatic heterocycles. The van der Waals surface area contributed by atoms with Crippen molar-refractivity contribution in [2.45, 2.75) is 38.5 Å². The Hall–Kier alpha value is -1.65. The van der Waals surface area contributed by atoms with Crippen LogP contribution < -0.4 is 4.74 Å². The molecule has 0 unspecified atom stereocenters. The van der Waals surface area contributed by atoms with Gasteiger partial charge in [-0.05, 0) is 24.0 Å². The van der Waals surface area contributed by atoms with Crippen molar-refractivity contribution in [1.82, 2.24) is 4.98 Å². The van der Waals surface area contributed by atoms with Crippen LogP contribution in [0.2, 0.25) is 0 Å². The van der Waals surface area contributed by atoms with E-state index < -0.39 is 6.36 Å². The molecular formula is C15H16F3NO. The molecule has 2 aromatic rings. The van der Waals surface area contributed by atoms with E-state index in [4.69, 9.17) is 0 Å². The summed E-state index contributed by atoms with van der Waals surface area (Å²) in [5.74, 6) is 0.494. The second-order valence-corrected chi connectivity index (χ2v) is 5.40. The van der Waals surface area contributed by atoms with Crippen molar-refractivity contribution in [3.8, 4) is 5.75 Å². The molecule has 5 heteroatoms. The molecule has 1 aromatic carbocycles. The Morgan fingerprint density at radius 3 is 2.65 bits per heavy atom. The zero-order valence-corrected chi connectivity index (χ0v) is 11.0. The van der Waals surface area contributed by atoms with Crippen molar-refractivity contribution >= 4 is 10.9 Å². The number of aromatic amines is 1. The van der Waals surface area contributed by atoms with Crippen LogP contribution in [0.25, 0.3) is 10.9 Å². The van der Waals surface area contributed by atoms with E-state index in [1.807, 2.05) is 12.3 Å². The molecule has 108 valence electrons. The van der Waals surface area contributed by atoms with Gasteiger partial charge < -0.3 is 9.72 Å². The van der Waals surface area contributed by atoms with Gasteiger partial charge in [-0.2, -0.15) is 0 Å². The summed E-state index contributed by atoms with van der Waals surface area (Å²) < 4.78 is 41.2. The molecule has 2 nitrogen and oxygen atoms in total. The van der Waals surface area contributed by atoms with Gasteiger partial charge in [-0.15, -0.1) is 13.2 Å². The van der Waals surface area contributed by atoms with Gasteiger partial charge in [0, 0.05) is 11.6 Å². The minimum Gasteiger partial charge on any atom is -0.404 e. The first kappa shape index (κ1) is 13.3. The maximum Gasteiger partial charge on any atom is 0.573 e. The SMILES string of the molecule is FC(F)(F)Oc1cccc2c(CC3CCCC3)c[nH]c12. The number of rotatable bonds is 3. The van der Waals surface area contributed by atoms with Crippen LogP contribution in [0.15, 0.2) is 24.4 Å².